The van der Waals surface area contributed by atoms with Crippen molar-refractivity contribution in [2.75, 3.05) is 11.8 Å². The number of rotatable bonds is 6. The summed E-state index contributed by atoms with van der Waals surface area (Å²) in [5.74, 6) is -1.24. The van der Waals surface area contributed by atoms with Gasteiger partial charge in [0.25, 0.3) is 10.0 Å². The van der Waals surface area contributed by atoms with E-state index in [1.165, 1.54) is 42.3 Å². The second-order valence-corrected chi connectivity index (χ2v) is 9.96. The Hall–Kier alpha value is -2.94. The number of amides is 2. The first-order valence-corrected chi connectivity index (χ1v) is 12.0. The number of hydrogen-bond acceptors (Lipinski definition) is 5. The molecule has 1 aliphatic heterocycles. The Morgan fingerprint density at radius 1 is 1.06 bits per heavy atom. The number of imide groups is 1. The molecule has 2 aromatic carbocycles. The lowest BCUT2D eigenvalue weighted by Crippen LogP contribution is -2.30. The van der Waals surface area contributed by atoms with E-state index in [9.17, 15) is 22.4 Å². The minimum absolute atomic E-state index is 0.00670. The summed E-state index contributed by atoms with van der Waals surface area (Å²) in [6, 6.07) is 8.30. The summed E-state index contributed by atoms with van der Waals surface area (Å²) in [6.07, 6.45) is 3.31. The van der Waals surface area contributed by atoms with Gasteiger partial charge in [0.15, 0.2) is 0 Å². The SMILES string of the molecule is COc1ccc(CN2C(=O)[C@H]3CCCC[C@@H]3C2=O)cc1S(=O)(=O)Nc1ccc(F)cc1C. The lowest BCUT2D eigenvalue weighted by Gasteiger charge is -2.19. The first-order valence-electron chi connectivity index (χ1n) is 10.5. The number of anilines is 1. The molecule has 2 aromatic rings. The van der Waals surface area contributed by atoms with Gasteiger partial charge < -0.3 is 4.74 Å². The van der Waals surface area contributed by atoms with Gasteiger partial charge >= 0.3 is 0 Å². The number of aryl methyl sites for hydroxylation is 1. The zero-order valence-corrected chi connectivity index (χ0v) is 18.7. The molecular weight excluding hydrogens is 435 g/mol. The highest BCUT2D eigenvalue weighted by molar-refractivity contribution is 7.92. The summed E-state index contributed by atoms with van der Waals surface area (Å²) in [5.41, 5.74) is 1.18. The van der Waals surface area contributed by atoms with Crippen molar-refractivity contribution in [3.63, 3.8) is 0 Å². The minimum atomic E-state index is -4.08. The molecule has 0 radical (unpaired) electrons. The third-order valence-corrected chi connectivity index (χ3v) is 7.61. The molecule has 2 aliphatic rings. The predicted molar refractivity (Wildman–Crippen MR) is 116 cm³/mol. The smallest absolute Gasteiger partial charge is 0.265 e. The first-order chi connectivity index (χ1) is 15.2. The van der Waals surface area contributed by atoms with Crippen molar-refractivity contribution in [3.05, 3.63) is 53.3 Å². The van der Waals surface area contributed by atoms with Crippen LogP contribution < -0.4 is 9.46 Å². The van der Waals surface area contributed by atoms with Crippen molar-refractivity contribution in [2.45, 2.75) is 44.0 Å². The van der Waals surface area contributed by atoms with Crippen molar-refractivity contribution < 1.29 is 27.1 Å². The van der Waals surface area contributed by atoms with E-state index in [2.05, 4.69) is 4.72 Å². The maximum Gasteiger partial charge on any atom is 0.265 e. The quantitative estimate of drug-likeness (QED) is 0.665. The maximum atomic E-state index is 13.4. The van der Waals surface area contributed by atoms with Crippen molar-refractivity contribution >= 4 is 27.5 Å². The van der Waals surface area contributed by atoms with Crippen molar-refractivity contribution in [3.8, 4) is 5.75 Å². The van der Waals surface area contributed by atoms with E-state index in [-0.39, 0.29) is 46.5 Å². The molecule has 1 saturated carbocycles. The topological polar surface area (TPSA) is 92.8 Å². The lowest BCUT2D eigenvalue weighted by molar-refractivity contribution is -0.140. The van der Waals surface area contributed by atoms with Gasteiger partial charge in [0.2, 0.25) is 11.8 Å². The molecule has 0 bridgehead atoms. The summed E-state index contributed by atoms with van der Waals surface area (Å²) in [4.78, 5) is 26.7. The molecule has 4 rings (SSSR count). The molecule has 2 fully saturated rings. The molecule has 7 nitrogen and oxygen atoms in total. The van der Waals surface area contributed by atoms with Gasteiger partial charge in [-0.25, -0.2) is 12.8 Å². The number of nitrogens with zero attached hydrogens (tertiary/aromatic N) is 1. The third kappa shape index (κ3) is 4.09. The Labute approximate surface area is 186 Å². The molecule has 1 N–H and O–H groups in total. The minimum Gasteiger partial charge on any atom is -0.495 e. The predicted octanol–water partition coefficient (Wildman–Crippen LogP) is 3.62. The van der Waals surface area contributed by atoms with Gasteiger partial charge in [-0.1, -0.05) is 18.9 Å². The van der Waals surface area contributed by atoms with Crippen LogP contribution in [0.3, 0.4) is 0 Å². The molecule has 1 aliphatic carbocycles. The maximum absolute atomic E-state index is 13.4. The van der Waals surface area contributed by atoms with Crippen LogP contribution in [0.25, 0.3) is 0 Å². The van der Waals surface area contributed by atoms with Crippen LogP contribution in [-0.2, 0) is 26.2 Å². The molecule has 2 atom stereocenters. The lowest BCUT2D eigenvalue weighted by atomic mass is 9.81. The normalized spacial score (nSPS) is 20.9. The summed E-state index contributed by atoms with van der Waals surface area (Å²) in [7, 11) is -2.72. The molecule has 2 amide bonds. The zero-order valence-electron chi connectivity index (χ0n) is 17.9. The first kappa shape index (κ1) is 22.3. The second-order valence-electron chi connectivity index (χ2n) is 8.31. The number of methoxy groups -OCH3 is 1. The van der Waals surface area contributed by atoms with Gasteiger partial charge in [-0.15, -0.1) is 0 Å². The summed E-state index contributed by atoms with van der Waals surface area (Å²) >= 11 is 0. The van der Waals surface area contributed by atoms with E-state index >= 15 is 0 Å². The van der Waals surface area contributed by atoms with Crippen LogP contribution in [-0.4, -0.2) is 32.2 Å². The monoisotopic (exact) mass is 460 g/mol. The molecule has 170 valence electrons. The number of carbonyl (C=O) groups is 2. The van der Waals surface area contributed by atoms with Crippen LogP contribution >= 0.6 is 0 Å². The van der Waals surface area contributed by atoms with Gasteiger partial charge in [0, 0.05) is 0 Å². The Bertz CT molecular complexity index is 1160. The number of hydrogen-bond donors (Lipinski definition) is 1. The number of likely N-dealkylation sites (tertiary alicyclic amines) is 1. The average Bonchev–Trinajstić information content (AvgIpc) is 3.01. The summed E-state index contributed by atoms with van der Waals surface area (Å²) in [6.45, 7) is 1.60. The number of sulfonamides is 1. The number of ether oxygens (including phenoxy) is 1. The van der Waals surface area contributed by atoms with Crippen LogP contribution in [0.5, 0.6) is 5.75 Å². The Morgan fingerprint density at radius 3 is 2.31 bits per heavy atom. The van der Waals surface area contributed by atoms with Crippen LogP contribution in [0.2, 0.25) is 0 Å². The van der Waals surface area contributed by atoms with E-state index in [0.29, 0.717) is 11.1 Å². The number of fused-ring (bicyclic) bond motifs is 1. The average molecular weight is 461 g/mol. The largest absolute Gasteiger partial charge is 0.495 e. The van der Waals surface area contributed by atoms with Crippen molar-refractivity contribution in [2.24, 2.45) is 11.8 Å². The van der Waals surface area contributed by atoms with E-state index < -0.39 is 15.8 Å². The number of carbonyl (C=O) groups excluding carboxylic acids is 2. The highest BCUT2D eigenvalue weighted by Gasteiger charge is 2.47. The molecule has 0 aromatic heterocycles. The van der Waals surface area contributed by atoms with Gasteiger partial charge in [0.1, 0.15) is 16.5 Å². The highest BCUT2D eigenvalue weighted by atomic mass is 32.2. The fourth-order valence-corrected chi connectivity index (χ4v) is 5.89. The van der Waals surface area contributed by atoms with Crippen molar-refractivity contribution in [1.82, 2.24) is 4.90 Å². The second kappa shape index (κ2) is 8.54. The number of halogens is 1. The Morgan fingerprint density at radius 2 is 1.72 bits per heavy atom. The summed E-state index contributed by atoms with van der Waals surface area (Å²) in [5, 5.41) is 0. The van der Waals surface area contributed by atoms with Gasteiger partial charge in [-0.05, 0) is 61.2 Å². The molecule has 1 heterocycles. The fourth-order valence-electron chi connectivity index (χ4n) is 4.54. The van der Waals surface area contributed by atoms with Crippen molar-refractivity contribution in [1.29, 1.82) is 0 Å². The number of nitrogens with one attached hydrogen (secondary N) is 1. The van der Waals surface area contributed by atoms with E-state index in [0.717, 1.165) is 25.7 Å². The molecule has 0 unspecified atom stereocenters. The number of benzene rings is 2. The third-order valence-electron chi connectivity index (χ3n) is 6.22. The highest BCUT2D eigenvalue weighted by Crippen LogP contribution is 2.39. The molecule has 1 saturated heterocycles. The van der Waals surface area contributed by atoms with Gasteiger partial charge in [-0.2, -0.15) is 0 Å². The van der Waals surface area contributed by atoms with E-state index in [1.54, 1.807) is 13.0 Å². The zero-order chi connectivity index (χ0) is 23.0. The standard InChI is InChI=1S/C23H25FN2O5S/c1-14-11-16(24)8-9-19(14)25-32(29,30)21-12-15(7-10-20(21)31-2)13-26-22(27)17-5-3-4-6-18(17)23(26)28/h7-12,17-18,25H,3-6,13H2,1-2H3/t17-,18-/m0/s1. The molecule has 9 heteroatoms. The molecule has 32 heavy (non-hydrogen) atoms. The van der Waals surface area contributed by atoms with Crippen LogP contribution in [0, 0.1) is 24.6 Å². The fraction of sp³-hybridized carbons (Fsp3) is 0.391. The van der Waals surface area contributed by atoms with Gasteiger partial charge in [0.05, 0.1) is 31.2 Å². The van der Waals surface area contributed by atoms with Crippen LogP contribution in [0.4, 0.5) is 10.1 Å². The van der Waals surface area contributed by atoms with Gasteiger partial charge in [-0.3, -0.25) is 19.2 Å². The molecule has 0 spiro atoms. The van der Waals surface area contributed by atoms with E-state index in [1.807, 2.05) is 0 Å². The van der Waals surface area contributed by atoms with Crippen LogP contribution in [0.1, 0.15) is 36.8 Å². The summed E-state index contributed by atoms with van der Waals surface area (Å²) < 4.78 is 47.3. The van der Waals surface area contributed by atoms with Crippen LogP contribution in [0.15, 0.2) is 41.3 Å². The Kier molecular flexibility index (Phi) is 5.94. The van der Waals surface area contributed by atoms with E-state index in [4.69, 9.17) is 4.74 Å². The molecular formula is C23H25FN2O5S. The Balaban J connectivity index is 1.63.